The van der Waals surface area contributed by atoms with E-state index in [2.05, 4.69) is 10.6 Å². The molecule has 1 atom stereocenters. The molecule has 0 aromatic heterocycles. The van der Waals surface area contributed by atoms with Gasteiger partial charge in [0.1, 0.15) is 5.75 Å². The van der Waals surface area contributed by atoms with Gasteiger partial charge in [0.25, 0.3) is 5.91 Å². The third-order valence-electron chi connectivity index (χ3n) is 7.75. The molecular formula is C24H31N3O4. The second-order valence-electron chi connectivity index (χ2n) is 10.1. The average Bonchev–Trinajstić information content (AvgIpc) is 2.74. The van der Waals surface area contributed by atoms with Crippen LogP contribution in [0.2, 0.25) is 0 Å². The van der Waals surface area contributed by atoms with Crippen molar-refractivity contribution in [2.75, 3.05) is 25.0 Å². The number of ether oxygens (including phenoxy) is 1. The summed E-state index contributed by atoms with van der Waals surface area (Å²) in [5.41, 5.74) is 0.778. The lowest BCUT2D eigenvalue weighted by atomic mass is 9.49. The Kier molecular flexibility index (Phi) is 5.15. The van der Waals surface area contributed by atoms with Crippen molar-refractivity contribution in [3.63, 3.8) is 0 Å². The Morgan fingerprint density at radius 3 is 2.35 bits per heavy atom. The standard InChI is InChI=1S/C24H31N3O4/c1-25-23(30)20-14-27(18-4-2-3-5-19(18)31-20)22(29)13-26-21(28)12-24-9-15-6-16(10-24)8-17(7-15)11-24/h2-5,15-17,20H,6-14H2,1H3,(H,25,30)(H,26,28)/t15?,16?,17?,20-,24?/m1/s1. The first-order valence-corrected chi connectivity index (χ1v) is 11.5. The van der Waals surface area contributed by atoms with Crippen LogP contribution in [0.4, 0.5) is 5.69 Å². The largest absolute Gasteiger partial charge is 0.477 e. The highest BCUT2D eigenvalue weighted by Gasteiger charge is 2.51. The first-order chi connectivity index (χ1) is 14.9. The first-order valence-electron chi connectivity index (χ1n) is 11.5. The lowest BCUT2D eigenvalue weighted by Crippen LogP contribution is -2.52. The van der Waals surface area contributed by atoms with E-state index in [-0.39, 0.29) is 36.2 Å². The van der Waals surface area contributed by atoms with E-state index in [1.807, 2.05) is 6.07 Å². The number of rotatable bonds is 5. The van der Waals surface area contributed by atoms with Crippen LogP contribution < -0.4 is 20.3 Å². The molecule has 7 heteroatoms. The molecule has 6 rings (SSSR count). The fourth-order valence-corrected chi connectivity index (χ4v) is 6.95. The van der Waals surface area contributed by atoms with Gasteiger partial charge in [0.05, 0.1) is 18.8 Å². The van der Waals surface area contributed by atoms with Crippen molar-refractivity contribution in [2.24, 2.45) is 23.2 Å². The predicted octanol–water partition coefficient (Wildman–Crippen LogP) is 2.25. The fraction of sp³-hybridized carbons (Fsp3) is 0.625. The quantitative estimate of drug-likeness (QED) is 0.758. The molecule has 4 aliphatic carbocycles. The smallest absolute Gasteiger partial charge is 0.262 e. The molecule has 7 nitrogen and oxygen atoms in total. The molecule has 3 amide bonds. The normalized spacial score (nSPS) is 32.7. The molecule has 0 radical (unpaired) electrons. The van der Waals surface area contributed by atoms with Gasteiger partial charge in [0.15, 0.2) is 6.10 Å². The van der Waals surface area contributed by atoms with Crippen molar-refractivity contribution in [3.05, 3.63) is 24.3 Å². The minimum atomic E-state index is -0.772. The molecule has 4 bridgehead atoms. The van der Waals surface area contributed by atoms with Gasteiger partial charge in [-0.15, -0.1) is 0 Å². The molecule has 31 heavy (non-hydrogen) atoms. The summed E-state index contributed by atoms with van der Waals surface area (Å²) in [5.74, 6) is 2.35. The average molecular weight is 426 g/mol. The highest BCUT2D eigenvalue weighted by Crippen LogP contribution is 2.61. The topological polar surface area (TPSA) is 87.7 Å². The van der Waals surface area contributed by atoms with Crippen molar-refractivity contribution < 1.29 is 19.1 Å². The Hall–Kier alpha value is -2.57. The summed E-state index contributed by atoms with van der Waals surface area (Å²) in [4.78, 5) is 39.5. The van der Waals surface area contributed by atoms with Crippen molar-refractivity contribution >= 4 is 23.4 Å². The Bertz CT molecular complexity index is 863. The molecule has 1 heterocycles. The second kappa shape index (κ2) is 7.84. The van der Waals surface area contributed by atoms with Crippen molar-refractivity contribution in [1.82, 2.24) is 10.6 Å². The molecule has 0 spiro atoms. The number of benzene rings is 1. The minimum Gasteiger partial charge on any atom is -0.477 e. The maximum atomic E-state index is 13.0. The molecule has 0 saturated heterocycles. The maximum Gasteiger partial charge on any atom is 0.262 e. The highest BCUT2D eigenvalue weighted by atomic mass is 16.5. The third kappa shape index (κ3) is 3.90. The van der Waals surface area contributed by atoms with Crippen LogP contribution in [-0.4, -0.2) is 44.0 Å². The van der Waals surface area contributed by atoms with Gasteiger partial charge in [-0.05, 0) is 73.8 Å². The van der Waals surface area contributed by atoms with E-state index < -0.39 is 6.10 Å². The van der Waals surface area contributed by atoms with E-state index in [1.165, 1.54) is 38.5 Å². The summed E-state index contributed by atoms with van der Waals surface area (Å²) in [7, 11) is 1.54. The maximum absolute atomic E-state index is 13.0. The van der Waals surface area contributed by atoms with Gasteiger partial charge in [-0.25, -0.2) is 0 Å². The molecule has 4 saturated carbocycles. The van der Waals surface area contributed by atoms with Gasteiger partial charge in [-0.2, -0.15) is 0 Å². The molecule has 2 N–H and O–H groups in total. The van der Waals surface area contributed by atoms with E-state index in [0.717, 1.165) is 17.8 Å². The molecule has 5 aliphatic rings. The lowest BCUT2D eigenvalue weighted by molar-refractivity contribution is -0.132. The van der Waals surface area contributed by atoms with E-state index in [1.54, 1.807) is 30.1 Å². The van der Waals surface area contributed by atoms with E-state index in [9.17, 15) is 14.4 Å². The zero-order valence-electron chi connectivity index (χ0n) is 18.1. The van der Waals surface area contributed by atoms with Gasteiger partial charge in [0, 0.05) is 13.5 Å². The van der Waals surface area contributed by atoms with Crippen LogP contribution in [0.1, 0.15) is 44.9 Å². The lowest BCUT2D eigenvalue weighted by Gasteiger charge is -2.56. The van der Waals surface area contributed by atoms with Gasteiger partial charge >= 0.3 is 0 Å². The summed E-state index contributed by atoms with van der Waals surface area (Å²) in [5, 5.41) is 5.45. The van der Waals surface area contributed by atoms with E-state index in [4.69, 9.17) is 4.74 Å². The van der Waals surface area contributed by atoms with Crippen LogP contribution in [-0.2, 0) is 14.4 Å². The molecule has 166 valence electrons. The number of fused-ring (bicyclic) bond motifs is 1. The Morgan fingerprint density at radius 1 is 1.06 bits per heavy atom. The summed E-state index contributed by atoms with van der Waals surface area (Å²) >= 11 is 0. The summed E-state index contributed by atoms with van der Waals surface area (Å²) < 4.78 is 5.76. The Balaban J connectivity index is 1.22. The van der Waals surface area contributed by atoms with Crippen molar-refractivity contribution in [3.8, 4) is 5.75 Å². The number of para-hydroxylation sites is 2. The van der Waals surface area contributed by atoms with Crippen LogP contribution in [0.5, 0.6) is 5.75 Å². The fourth-order valence-electron chi connectivity index (χ4n) is 6.95. The van der Waals surface area contributed by atoms with Crippen molar-refractivity contribution in [2.45, 2.75) is 51.0 Å². The monoisotopic (exact) mass is 425 g/mol. The second-order valence-corrected chi connectivity index (χ2v) is 10.1. The van der Waals surface area contributed by atoms with E-state index >= 15 is 0 Å². The molecule has 1 aromatic carbocycles. The zero-order valence-corrected chi connectivity index (χ0v) is 18.1. The highest BCUT2D eigenvalue weighted by molar-refractivity contribution is 5.99. The van der Waals surface area contributed by atoms with E-state index in [0.29, 0.717) is 17.9 Å². The summed E-state index contributed by atoms with van der Waals surface area (Å²) in [6.45, 7) is 0.0559. The first kappa shape index (κ1) is 20.3. The van der Waals surface area contributed by atoms with Crippen LogP contribution >= 0.6 is 0 Å². The number of likely N-dealkylation sites (N-methyl/N-ethyl adjacent to an activating group) is 1. The molecule has 1 aliphatic heterocycles. The number of nitrogens with zero attached hydrogens (tertiary/aromatic N) is 1. The summed E-state index contributed by atoms with van der Waals surface area (Å²) in [6, 6.07) is 7.18. The SMILES string of the molecule is CNC(=O)[C@H]1CN(C(=O)CNC(=O)CC23CC4CC(CC(C4)C2)C3)c2ccccc2O1. The zero-order chi connectivity index (χ0) is 21.6. The van der Waals surface area contributed by atoms with Crippen LogP contribution in [0.25, 0.3) is 0 Å². The number of hydrogen-bond acceptors (Lipinski definition) is 4. The van der Waals surface area contributed by atoms with Crippen LogP contribution in [0, 0.1) is 23.2 Å². The minimum absolute atomic E-state index is 0.0281. The number of nitrogens with one attached hydrogen (secondary N) is 2. The van der Waals surface area contributed by atoms with Crippen LogP contribution in [0.15, 0.2) is 24.3 Å². The number of anilines is 1. The third-order valence-corrected chi connectivity index (χ3v) is 7.75. The molecule has 4 fully saturated rings. The predicted molar refractivity (Wildman–Crippen MR) is 116 cm³/mol. The molecule has 0 unspecified atom stereocenters. The number of hydrogen-bond donors (Lipinski definition) is 2. The van der Waals surface area contributed by atoms with Gasteiger partial charge in [0.2, 0.25) is 11.8 Å². The van der Waals surface area contributed by atoms with Gasteiger partial charge in [-0.1, -0.05) is 12.1 Å². The Morgan fingerprint density at radius 2 is 1.71 bits per heavy atom. The molecule has 1 aromatic rings. The van der Waals surface area contributed by atoms with Crippen molar-refractivity contribution in [1.29, 1.82) is 0 Å². The Labute approximate surface area is 182 Å². The number of carbonyl (C=O) groups excluding carboxylic acids is 3. The van der Waals surface area contributed by atoms with Crippen LogP contribution in [0.3, 0.4) is 0 Å². The van der Waals surface area contributed by atoms with Gasteiger partial charge < -0.3 is 20.3 Å². The number of amides is 3. The summed E-state index contributed by atoms with van der Waals surface area (Å²) in [6.07, 6.45) is 7.32. The van der Waals surface area contributed by atoms with Gasteiger partial charge in [-0.3, -0.25) is 14.4 Å². The molecular weight excluding hydrogens is 394 g/mol. The number of carbonyl (C=O) groups is 3.